The second-order valence-corrected chi connectivity index (χ2v) is 4.65. The van der Waals surface area contributed by atoms with Crippen LogP contribution in [0.5, 0.6) is 0 Å². The first kappa shape index (κ1) is 15.9. The van der Waals surface area contributed by atoms with Crippen LogP contribution in [0.25, 0.3) is 0 Å². The number of hydrogen-bond donors (Lipinski definition) is 3. The van der Waals surface area contributed by atoms with Gasteiger partial charge in [0.1, 0.15) is 5.56 Å². The maximum absolute atomic E-state index is 12.1. The molecule has 1 aromatic carbocycles. The van der Waals surface area contributed by atoms with Crippen molar-refractivity contribution < 1.29 is 9.72 Å². The van der Waals surface area contributed by atoms with Crippen molar-refractivity contribution in [3.8, 4) is 0 Å². The first-order chi connectivity index (χ1) is 9.49. The van der Waals surface area contributed by atoms with Crippen molar-refractivity contribution in [3.63, 3.8) is 0 Å². The minimum atomic E-state index is -0.577. The van der Waals surface area contributed by atoms with E-state index in [-0.39, 0.29) is 17.3 Å². The summed E-state index contributed by atoms with van der Waals surface area (Å²) in [6.45, 7) is 3.94. The number of nitrogen functional groups attached to an aromatic ring is 1. The van der Waals surface area contributed by atoms with Crippen molar-refractivity contribution in [2.45, 2.75) is 39.2 Å². The van der Waals surface area contributed by atoms with Crippen molar-refractivity contribution in [2.75, 3.05) is 5.43 Å². The SMILES string of the molecule is CCCCC(C)NC(=O)c1cc(NN)ccc1[N+](=O)[O-]. The quantitative estimate of drug-likeness (QED) is 0.403. The zero-order valence-electron chi connectivity index (χ0n) is 11.7. The molecule has 7 nitrogen and oxygen atoms in total. The third kappa shape index (κ3) is 4.20. The molecule has 0 heterocycles. The fourth-order valence-electron chi connectivity index (χ4n) is 1.85. The molecule has 0 bridgehead atoms. The average molecular weight is 280 g/mol. The maximum atomic E-state index is 12.1. The molecule has 0 aliphatic rings. The molecule has 1 unspecified atom stereocenters. The maximum Gasteiger partial charge on any atom is 0.282 e. The highest BCUT2D eigenvalue weighted by molar-refractivity contribution is 5.99. The molecule has 0 saturated carbocycles. The summed E-state index contributed by atoms with van der Waals surface area (Å²) in [4.78, 5) is 22.5. The first-order valence-corrected chi connectivity index (χ1v) is 6.55. The Balaban J connectivity index is 2.92. The van der Waals surface area contributed by atoms with Gasteiger partial charge in [-0.2, -0.15) is 0 Å². The highest BCUT2D eigenvalue weighted by Crippen LogP contribution is 2.22. The molecule has 1 atom stereocenters. The van der Waals surface area contributed by atoms with E-state index in [0.29, 0.717) is 5.69 Å². The van der Waals surface area contributed by atoms with Gasteiger partial charge in [-0.05, 0) is 25.5 Å². The number of hydrazine groups is 1. The number of amides is 1. The predicted octanol–water partition coefficient (Wildman–Crippen LogP) is 2.19. The number of nitrogens with two attached hydrogens (primary N) is 1. The molecule has 0 aliphatic heterocycles. The Hall–Kier alpha value is -2.15. The van der Waals surface area contributed by atoms with Crippen LogP contribution in [0.3, 0.4) is 0 Å². The Bertz CT molecular complexity index is 491. The third-order valence-corrected chi connectivity index (χ3v) is 2.97. The highest BCUT2D eigenvalue weighted by atomic mass is 16.6. The molecule has 1 rings (SSSR count). The van der Waals surface area contributed by atoms with Crippen LogP contribution in [0.15, 0.2) is 18.2 Å². The molecular formula is C13H20N4O3. The Morgan fingerprint density at radius 3 is 2.75 bits per heavy atom. The van der Waals surface area contributed by atoms with Gasteiger partial charge in [0, 0.05) is 17.8 Å². The summed E-state index contributed by atoms with van der Waals surface area (Å²) in [6.07, 6.45) is 2.87. The summed E-state index contributed by atoms with van der Waals surface area (Å²) < 4.78 is 0. The fourth-order valence-corrected chi connectivity index (χ4v) is 1.85. The van der Waals surface area contributed by atoms with Crippen molar-refractivity contribution >= 4 is 17.3 Å². The number of hydrogen-bond acceptors (Lipinski definition) is 5. The van der Waals surface area contributed by atoms with Gasteiger partial charge in [-0.1, -0.05) is 19.8 Å². The van der Waals surface area contributed by atoms with E-state index < -0.39 is 10.8 Å². The molecule has 0 aromatic heterocycles. The summed E-state index contributed by atoms with van der Waals surface area (Å²) in [7, 11) is 0. The van der Waals surface area contributed by atoms with Gasteiger partial charge in [0.25, 0.3) is 11.6 Å². The molecular weight excluding hydrogens is 260 g/mol. The van der Waals surface area contributed by atoms with Gasteiger partial charge < -0.3 is 10.7 Å². The summed E-state index contributed by atoms with van der Waals surface area (Å²) in [5.41, 5.74) is 2.60. The van der Waals surface area contributed by atoms with Crippen LogP contribution in [0.1, 0.15) is 43.5 Å². The van der Waals surface area contributed by atoms with E-state index in [4.69, 9.17) is 5.84 Å². The minimum absolute atomic E-state index is 0.00815. The first-order valence-electron chi connectivity index (χ1n) is 6.55. The lowest BCUT2D eigenvalue weighted by Gasteiger charge is -2.14. The third-order valence-electron chi connectivity index (χ3n) is 2.97. The van der Waals surface area contributed by atoms with E-state index in [1.165, 1.54) is 18.2 Å². The second-order valence-electron chi connectivity index (χ2n) is 4.65. The number of nitro groups is 1. The van der Waals surface area contributed by atoms with Gasteiger partial charge in [0.05, 0.1) is 4.92 Å². The fraction of sp³-hybridized carbons (Fsp3) is 0.462. The number of benzene rings is 1. The van der Waals surface area contributed by atoms with Crippen LogP contribution in [-0.2, 0) is 0 Å². The van der Waals surface area contributed by atoms with Crippen LogP contribution in [0.2, 0.25) is 0 Å². The molecule has 0 spiro atoms. The molecule has 0 saturated heterocycles. The standard InChI is InChI=1S/C13H20N4O3/c1-3-4-5-9(2)15-13(18)11-8-10(16-14)6-7-12(11)17(19)20/h6-9,16H,3-5,14H2,1-2H3,(H,15,18). The number of anilines is 1. The second kappa shape index (κ2) is 7.44. The van der Waals surface area contributed by atoms with Crippen LogP contribution in [0.4, 0.5) is 11.4 Å². The monoisotopic (exact) mass is 280 g/mol. The Kier molecular flexibility index (Phi) is 5.92. The summed E-state index contributed by atoms with van der Waals surface area (Å²) >= 11 is 0. The van der Waals surface area contributed by atoms with Crippen LogP contribution in [0, 0.1) is 10.1 Å². The van der Waals surface area contributed by atoms with E-state index in [1.54, 1.807) is 0 Å². The van der Waals surface area contributed by atoms with E-state index in [2.05, 4.69) is 17.7 Å². The molecule has 1 aromatic rings. The van der Waals surface area contributed by atoms with Gasteiger partial charge in [-0.25, -0.2) is 0 Å². The van der Waals surface area contributed by atoms with Gasteiger partial charge in [-0.3, -0.25) is 20.8 Å². The topological polar surface area (TPSA) is 110 Å². The zero-order valence-corrected chi connectivity index (χ0v) is 11.7. The molecule has 0 fully saturated rings. The van der Waals surface area contributed by atoms with Crippen molar-refractivity contribution in [1.82, 2.24) is 5.32 Å². The molecule has 20 heavy (non-hydrogen) atoms. The van der Waals surface area contributed by atoms with Gasteiger partial charge in [0.2, 0.25) is 0 Å². The molecule has 4 N–H and O–H groups in total. The number of rotatable bonds is 7. The molecule has 0 aliphatic carbocycles. The average Bonchev–Trinajstić information content (AvgIpc) is 2.44. The lowest BCUT2D eigenvalue weighted by atomic mass is 10.1. The number of nitrogens with zero attached hydrogens (tertiary/aromatic N) is 1. The normalized spacial score (nSPS) is 11.8. The van der Waals surface area contributed by atoms with E-state index in [9.17, 15) is 14.9 Å². The summed E-state index contributed by atoms with van der Waals surface area (Å²) in [5, 5.41) is 13.7. The highest BCUT2D eigenvalue weighted by Gasteiger charge is 2.21. The van der Waals surface area contributed by atoms with Crippen LogP contribution >= 0.6 is 0 Å². The van der Waals surface area contributed by atoms with Crippen molar-refractivity contribution in [2.24, 2.45) is 5.84 Å². The largest absolute Gasteiger partial charge is 0.349 e. The summed E-state index contributed by atoms with van der Waals surface area (Å²) in [5.74, 6) is 4.80. The molecule has 1 amide bonds. The number of nitro benzene ring substituents is 1. The van der Waals surface area contributed by atoms with Crippen LogP contribution in [-0.4, -0.2) is 16.9 Å². The number of unbranched alkanes of at least 4 members (excludes halogenated alkanes) is 1. The Morgan fingerprint density at radius 1 is 1.50 bits per heavy atom. The van der Waals surface area contributed by atoms with Crippen molar-refractivity contribution in [1.29, 1.82) is 0 Å². The lowest BCUT2D eigenvalue weighted by Crippen LogP contribution is -2.33. The lowest BCUT2D eigenvalue weighted by molar-refractivity contribution is -0.385. The predicted molar refractivity (Wildman–Crippen MR) is 77.4 cm³/mol. The zero-order chi connectivity index (χ0) is 15.1. The van der Waals surface area contributed by atoms with Crippen LogP contribution < -0.4 is 16.6 Å². The minimum Gasteiger partial charge on any atom is -0.349 e. The molecule has 110 valence electrons. The Morgan fingerprint density at radius 2 is 2.20 bits per heavy atom. The van der Waals surface area contributed by atoms with E-state index >= 15 is 0 Å². The van der Waals surface area contributed by atoms with E-state index in [0.717, 1.165) is 19.3 Å². The smallest absolute Gasteiger partial charge is 0.282 e. The van der Waals surface area contributed by atoms with Gasteiger partial charge >= 0.3 is 0 Å². The van der Waals surface area contributed by atoms with E-state index in [1.807, 2.05) is 6.92 Å². The number of carbonyl (C=O) groups excluding carboxylic acids is 1. The van der Waals surface area contributed by atoms with Gasteiger partial charge in [0.15, 0.2) is 0 Å². The Labute approximate surface area is 117 Å². The molecule has 7 heteroatoms. The number of nitrogens with one attached hydrogen (secondary N) is 2. The number of carbonyl (C=O) groups is 1. The van der Waals surface area contributed by atoms with Gasteiger partial charge in [-0.15, -0.1) is 0 Å². The molecule has 0 radical (unpaired) electrons. The van der Waals surface area contributed by atoms with Crippen molar-refractivity contribution in [3.05, 3.63) is 33.9 Å². The summed E-state index contributed by atoms with van der Waals surface area (Å²) in [6, 6.07) is 4.06.